The van der Waals surface area contributed by atoms with E-state index in [0.29, 0.717) is 6.54 Å². The highest BCUT2D eigenvalue weighted by atomic mass is 32.2. The molecule has 0 aliphatic heterocycles. The van der Waals surface area contributed by atoms with Crippen molar-refractivity contribution in [3.63, 3.8) is 0 Å². The predicted octanol–water partition coefficient (Wildman–Crippen LogP) is 1.96. The molecule has 0 aromatic heterocycles. The maximum absolute atomic E-state index is 11.7. The van der Waals surface area contributed by atoms with Crippen molar-refractivity contribution in [2.24, 2.45) is 5.73 Å². The van der Waals surface area contributed by atoms with Crippen molar-refractivity contribution < 1.29 is 13.2 Å². The van der Waals surface area contributed by atoms with Gasteiger partial charge in [-0.15, -0.1) is 0 Å². The van der Waals surface area contributed by atoms with E-state index in [1.165, 1.54) is 0 Å². The third kappa shape index (κ3) is 4.21. The van der Waals surface area contributed by atoms with E-state index in [1.54, 1.807) is 13.8 Å². The van der Waals surface area contributed by atoms with Gasteiger partial charge in [-0.1, -0.05) is 12.1 Å². The van der Waals surface area contributed by atoms with Crippen molar-refractivity contribution in [1.82, 2.24) is 0 Å². The molecule has 0 bridgehead atoms. The Kier molecular flexibility index (Phi) is 5.38. The summed E-state index contributed by atoms with van der Waals surface area (Å²) in [5.41, 5.74) is 8.64. The van der Waals surface area contributed by atoms with Gasteiger partial charge in [-0.25, -0.2) is 8.42 Å². The van der Waals surface area contributed by atoms with Gasteiger partial charge in [0.25, 0.3) is 0 Å². The number of benzene rings is 1. The smallest absolute Gasteiger partial charge is 0.155 e. The number of nitrogens with two attached hydrogens (primary N) is 1. The molecule has 0 saturated heterocycles. The lowest BCUT2D eigenvalue weighted by Gasteiger charge is -2.14. The van der Waals surface area contributed by atoms with E-state index < -0.39 is 9.84 Å². The van der Waals surface area contributed by atoms with E-state index in [0.717, 1.165) is 22.4 Å². The van der Waals surface area contributed by atoms with Crippen LogP contribution in [0.2, 0.25) is 0 Å². The topological polar surface area (TPSA) is 69.4 Å². The molecule has 19 heavy (non-hydrogen) atoms. The van der Waals surface area contributed by atoms with E-state index >= 15 is 0 Å². The second-order valence-corrected chi connectivity index (χ2v) is 7.70. The van der Waals surface area contributed by atoms with Gasteiger partial charge in [0.2, 0.25) is 0 Å². The lowest BCUT2D eigenvalue weighted by atomic mass is 10.1. The largest absolute Gasteiger partial charge is 0.492 e. The van der Waals surface area contributed by atoms with Crippen molar-refractivity contribution in [2.75, 3.05) is 12.4 Å². The van der Waals surface area contributed by atoms with Crippen molar-refractivity contribution in [3.8, 4) is 5.75 Å². The Morgan fingerprint density at radius 3 is 2.16 bits per heavy atom. The van der Waals surface area contributed by atoms with Crippen molar-refractivity contribution in [1.29, 1.82) is 0 Å². The molecule has 0 saturated carbocycles. The molecule has 5 heteroatoms. The van der Waals surface area contributed by atoms with E-state index in [1.807, 2.05) is 26.0 Å². The van der Waals surface area contributed by atoms with Gasteiger partial charge in [0.05, 0.1) is 11.0 Å². The van der Waals surface area contributed by atoms with Crippen LogP contribution in [0.15, 0.2) is 12.1 Å². The van der Waals surface area contributed by atoms with Crippen LogP contribution in [0.5, 0.6) is 5.75 Å². The maximum atomic E-state index is 11.7. The molecular formula is C14H23NO3S. The monoisotopic (exact) mass is 285 g/mol. The lowest BCUT2D eigenvalue weighted by molar-refractivity contribution is 0.335. The summed E-state index contributed by atoms with van der Waals surface area (Å²) in [6.45, 7) is 7.93. The van der Waals surface area contributed by atoms with Crippen LogP contribution in [0.3, 0.4) is 0 Å². The third-order valence-corrected chi connectivity index (χ3v) is 5.26. The second kappa shape index (κ2) is 6.39. The first kappa shape index (κ1) is 16.0. The number of ether oxygens (including phenoxy) is 1. The van der Waals surface area contributed by atoms with Crippen LogP contribution in [-0.2, 0) is 16.4 Å². The Hall–Kier alpha value is -1.07. The molecule has 1 aromatic carbocycles. The summed E-state index contributed by atoms with van der Waals surface area (Å²) in [7, 11) is -3.05. The van der Waals surface area contributed by atoms with E-state index in [2.05, 4.69) is 0 Å². The molecule has 108 valence electrons. The van der Waals surface area contributed by atoms with Gasteiger partial charge in [-0.2, -0.15) is 0 Å². The van der Waals surface area contributed by atoms with Crippen LogP contribution in [0.25, 0.3) is 0 Å². The first-order valence-corrected chi connectivity index (χ1v) is 8.14. The Labute approximate surface area is 115 Å². The van der Waals surface area contributed by atoms with Crippen molar-refractivity contribution in [3.05, 3.63) is 28.8 Å². The molecule has 1 rings (SSSR count). The Morgan fingerprint density at radius 2 is 1.74 bits per heavy atom. The number of hydrogen-bond donors (Lipinski definition) is 1. The van der Waals surface area contributed by atoms with Gasteiger partial charge in [0, 0.05) is 6.54 Å². The zero-order chi connectivity index (χ0) is 14.6. The minimum atomic E-state index is -3.05. The predicted molar refractivity (Wildman–Crippen MR) is 78.2 cm³/mol. The van der Waals surface area contributed by atoms with Gasteiger partial charge < -0.3 is 10.5 Å². The second-order valence-electron chi connectivity index (χ2n) is 5.03. The standard InChI is InChI=1S/C14H23NO3S/c1-10(2)19(16,17)6-5-18-14-11(3)7-13(9-15)8-12(14)4/h7-8,10H,5-6,9,15H2,1-4H3. The van der Waals surface area contributed by atoms with Crippen molar-refractivity contribution in [2.45, 2.75) is 39.5 Å². The molecule has 0 amide bonds. The number of hydrogen-bond acceptors (Lipinski definition) is 4. The molecule has 0 aliphatic rings. The summed E-state index contributed by atoms with van der Waals surface area (Å²) in [5.74, 6) is 0.804. The molecule has 1 aromatic rings. The highest BCUT2D eigenvalue weighted by Gasteiger charge is 2.16. The fourth-order valence-corrected chi connectivity index (χ4v) is 2.67. The summed E-state index contributed by atoms with van der Waals surface area (Å²) >= 11 is 0. The maximum Gasteiger partial charge on any atom is 0.155 e. The fraction of sp³-hybridized carbons (Fsp3) is 0.571. The molecule has 0 radical (unpaired) electrons. The van der Waals surface area contributed by atoms with Crippen LogP contribution < -0.4 is 10.5 Å². The first-order chi connectivity index (χ1) is 8.77. The molecule has 4 nitrogen and oxygen atoms in total. The van der Waals surface area contributed by atoms with Gasteiger partial charge in [-0.05, 0) is 44.4 Å². The van der Waals surface area contributed by atoms with Gasteiger partial charge >= 0.3 is 0 Å². The zero-order valence-corrected chi connectivity index (χ0v) is 12.9. The van der Waals surface area contributed by atoms with Crippen LogP contribution in [0, 0.1) is 13.8 Å². The Morgan fingerprint density at radius 1 is 1.21 bits per heavy atom. The van der Waals surface area contributed by atoms with Crippen LogP contribution in [-0.4, -0.2) is 26.0 Å². The molecule has 0 unspecified atom stereocenters. The Bertz CT molecular complexity index is 513. The number of aryl methyl sites for hydroxylation is 2. The molecule has 0 atom stereocenters. The zero-order valence-electron chi connectivity index (χ0n) is 12.1. The van der Waals surface area contributed by atoms with Gasteiger partial charge in [0.1, 0.15) is 12.4 Å². The summed E-state index contributed by atoms with van der Waals surface area (Å²) in [6.07, 6.45) is 0. The molecular weight excluding hydrogens is 262 g/mol. The van der Waals surface area contributed by atoms with Crippen LogP contribution in [0.1, 0.15) is 30.5 Å². The fourth-order valence-electron chi connectivity index (χ4n) is 1.88. The van der Waals surface area contributed by atoms with E-state index in [9.17, 15) is 8.42 Å². The molecule has 0 aliphatic carbocycles. The normalized spacial score (nSPS) is 11.9. The summed E-state index contributed by atoms with van der Waals surface area (Å²) < 4.78 is 29.0. The summed E-state index contributed by atoms with van der Waals surface area (Å²) in [5, 5.41) is -0.363. The number of sulfone groups is 1. The lowest BCUT2D eigenvalue weighted by Crippen LogP contribution is -2.22. The number of rotatable bonds is 6. The average Bonchev–Trinajstić information content (AvgIpc) is 2.32. The highest BCUT2D eigenvalue weighted by Crippen LogP contribution is 2.24. The summed E-state index contributed by atoms with van der Waals surface area (Å²) in [6, 6.07) is 3.94. The minimum absolute atomic E-state index is 0.0438. The molecule has 0 spiro atoms. The van der Waals surface area contributed by atoms with Crippen molar-refractivity contribution >= 4 is 9.84 Å². The average molecular weight is 285 g/mol. The molecule has 0 fully saturated rings. The van der Waals surface area contributed by atoms with Gasteiger partial charge in [-0.3, -0.25) is 0 Å². The van der Waals surface area contributed by atoms with E-state index in [4.69, 9.17) is 10.5 Å². The Balaban J connectivity index is 2.74. The molecule has 0 heterocycles. The third-order valence-electron chi connectivity index (χ3n) is 3.09. The van der Waals surface area contributed by atoms with Crippen LogP contribution >= 0.6 is 0 Å². The molecule has 2 N–H and O–H groups in total. The van der Waals surface area contributed by atoms with Crippen LogP contribution in [0.4, 0.5) is 0 Å². The quantitative estimate of drug-likeness (QED) is 0.867. The minimum Gasteiger partial charge on any atom is -0.492 e. The highest BCUT2D eigenvalue weighted by molar-refractivity contribution is 7.91. The van der Waals surface area contributed by atoms with Gasteiger partial charge in [0.15, 0.2) is 9.84 Å². The van der Waals surface area contributed by atoms with E-state index in [-0.39, 0.29) is 17.6 Å². The summed E-state index contributed by atoms with van der Waals surface area (Å²) in [4.78, 5) is 0. The SMILES string of the molecule is Cc1cc(CN)cc(C)c1OCCS(=O)(=O)C(C)C. The first-order valence-electron chi connectivity index (χ1n) is 6.42.